The highest BCUT2D eigenvalue weighted by molar-refractivity contribution is 5.25. The minimum Gasteiger partial charge on any atom is -0.316 e. The Morgan fingerprint density at radius 2 is 1.71 bits per heavy atom. The first-order valence-corrected chi connectivity index (χ1v) is 8.65. The first-order chi connectivity index (χ1) is 10.1. The van der Waals surface area contributed by atoms with Gasteiger partial charge in [0.15, 0.2) is 0 Å². The molecule has 1 aromatic carbocycles. The molecule has 2 unspecified atom stereocenters. The monoisotopic (exact) mass is 290 g/mol. The Morgan fingerprint density at radius 1 is 1.05 bits per heavy atom. The van der Waals surface area contributed by atoms with Crippen molar-refractivity contribution in [2.45, 2.75) is 66.0 Å². The fraction of sp³-hybridized carbons (Fsp3) is 0.684. The van der Waals surface area contributed by atoms with Gasteiger partial charge in [-0.25, -0.2) is 0 Å². The average molecular weight is 290 g/mol. The van der Waals surface area contributed by atoms with Gasteiger partial charge in [0.1, 0.15) is 0 Å². The van der Waals surface area contributed by atoms with E-state index < -0.39 is 0 Å². The van der Waals surface area contributed by atoms with Crippen molar-refractivity contribution in [3.8, 4) is 0 Å². The van der Waals surface area contributed by atoms with Crippen LogP contribution < -0.4 is 5.32 Å². The van der Waals surface area contributed by atoms with Crippen LogP contribution in [0.5, 0.6) is 0 Å². The lowest BCUT2D eigenvalue weighted by Crippen LogP contribution is -2.31. The summed E-state index contributed by atoms with van der Waals surface area (Å²) in [5, 5.41) is 3.50. The number of nitrogens with zero attached hydrogens (tertiary/aromatic N) is 1. The van der Waals surface area contributed by atoms with Crippen molar-refractivity contribution >= 4 is 0 Å². The molecule has 2 heteroatoms. The van der Waals surface area contributed by atoms with Crippen LogP contribution >= 0.6 is 0 Å². The van der Waals surface area contributed by atoms with Crippen molar-refractivity contribution in [1.82, 2.24) is 10.2 Å². The Kier molecular flexibility index (Phi) is 8.63. The van der Waals surface area contributed by atoms with Crippen molar-refractivity contribution in [1.29, 1.82) is 0 Å². The quantitative estimate of drug-likeness (QED) is 0.642. The molecule has 0 aliphatic heterocycles. The van der Waals surface area contributed by atoms with Crippen LogP contribution in [0.3, 0.4) is 0 Å². The molecule has 0 saturated carbocycles. The third-order valence-corrected chi connectivity index (χ3v) is 4.43. The predicted molar refractivity (Wildman–Crippen MR) is 93.9 cm³/mol. The second kappa shape index (κ2) is 9.97. The van der Waals surface area contributed by atoms with Gasteiger partial charge in [-0.05, 0) is 49.9 Å². The van der Waals surface area contributed by atoms with E-state index in [1.165, 1.54) is 24.0 Å². The fourth-order valence-electron chi connectivity index (χ4n) is 2.64. The summed E-state index contributed by atoms with van der Waals surface area (Å²) in [5.74, 6) is 0.586. The molecule has 21 heavy (non-hydrogen) atoms. The van der Waals surface area contributed by atoms with E-state index in [9.17, 15) is 0 Å². The smallest absolute Gasteiger partial charge is 0.0236 e. The van der Waals surface area contributed by atoms with Gasteiger partial charge in [-0.15, -0.1) is 0 Å². The van der Waals surface area contributed by atoms with Crippen LogP contribution in [0.4, 0.5) is 0 Å². The molecule has 0 bridgehead atoms. The lowest BCUT2D eigenvalue weighted by Gasteiger charge is -2.27. The first kappa shape index (κ1) is 18.2. The number of nitrogens with one attached hydrogen (secondary N) is 1. The lowest BCUT2D eigenvalue weighted by molar-refractivity contribution is 0.206. The van der Waals surface area contributed by atoms with Crippen LogP contribution in [0, 0.1) is 0 Å². The zero-order valence-corrected chi connectivity index (χ0v) is 14.7. The summed E-state index contributed by atoms with van der Waals surface area (Å²) >= 11 is 0. The third-order valence-electron chi connectivity index (χ3n) is 4.43. The molecular formula is C19H34N2. The molecule has 0 saturated heterocycles. The van der Waals surface area contributed by atoms with E-state index in [2.05, 4.69) is 69.1 Å². The maximum atomic E-state index is 3.50. The van der Waals surface area contributed by atoms with E-state index in [4.69, 9.17) is 0 Å². The number of rotatable bonds is 10. The number of hydrogen-bond acceptors (Lipinski definition) is 2. The third kappa shape index (κ3) is 6.19. The molecule has 1 aromatic rings. The van der Waals surface area contributed by atoms with Gasteiger partial charge in [0.2, 0.25) is 0 Å². The first-order valence-electron chi connectivity index (χ1n) is 8.65. The molecule has 0 radical (unpaired) electrons. The zero-order valence-electron chi connectivity index (χ0n) is 14.7. The van der Waals surface area contributed by atoms with Gasteiger partial charge in [0.05, 0.1) is 0 Å². The van der Waals surface area contributed by atoms with E-state index in [1.807, 2.05) is 0 Å². The van der Waals surface area contributed by atoms with E-state index in [-0.39, 0.29) is 0 Å². The molecular weight excluding hydrogens is 256 g/mol. The topological polar surface area (TPSA) is 15.3 Å². The summed E-state index contributed by atoms with van der Waals surface area (Å²) < 4.78 is 0. The molecule has 0 aromatic heterocycles. The standard InChI is InChI=1S/C19H34N2/c1-6-13-20-14-16(4)19-11-9-18(10-12-19)15-21(8-3)17(5)7-2/h9-12,16-17,20H,6-8,13-15H2,1-5H3. The van der Waals surface area contributed by atoms with Crippen LogP contribution in [-0.2, 0) is 6.54 Å². The molecule has 2 nitrogen and oxygen atoms in total. The molecule has 0 heterocycles. The van der Waals surface area contributed by atoms with E-state index in [0.717, 1.165) is 26.2 Å². The largest absolute Gasteiger partial charge is 0.316 e. The van der Waals surface area contributed by atoms with Crippen LogP contribution in [-0.4, -0.2) is 30.6 Å². The van der Waals surface area contributed by atoms with Crippen molar-refractivity contribution in [3.05, 3.63) is 35.4 Å². The highest BCUT2D eigenvalue weighted by Crippen LogP contribution is 2.17. The highest BCUT2D eigenvalue weighted by atomic mass is 15.1. The molecule has 0 amide bonds. The minimum atomic E-state index is 0.586. The summed E-state index contributed by atoms with van der Waals surface area (Å²) in [6.45, 7) is 15.7. The van der Waals surface area contributed by atoms with Gasteiger partial charge >= 0.3 is 0 Å². The zero-order chi connectivity index (χ0) is 15.7. The summed E-state index contributed by atoms with van der Waals surface area (Å²) in [6.07, 6.45) is 2.42. The van der Waals surface area contributed by atoms with E-state index >= 15 is 0 Å². The van der Waals surface area contributed by atoms with E-state index in [1.54, 1.807) is 0 Å². The van der Waals surface area contributed by atoms with E-state index in [0.29, 0.717) is 12.0 Å². The van der Waals surface area contributed by atoms with Gasteiger partial charge in [-0.3, -0.25) is 4.90 Å². The molecule has 2 atom stereocenters. The Labute approximate surface area is 131 Å². The molecule has 0 aliphatic rings. The molecule has 0 aliphatic carbocycles. The van der Waals surface area contributed by atoms with Gasteiger partial charge in [-0.1, -0.05) is 52.0 Å². The van der Waals surface area contributed by atoms with Gasteiger partial charge in [-0.2, -0.15) is 0 Å². The summed E-state index contributed by atoms with van der Waals surface area (Å²) in [5.41, 5.74) is 2.86. The Bertz CT molecular complexity index is 372. The summed E-state index contributed by atoms with van der Waals surface area (Å²) in [6, 6.07) is 9.87. The average Bonchev–Trinajstić information content (AvgIpc) is 2.52. The Balaban J connectivity index is 2.56. The molecule has 1 rings (SSSR count). The maximum Gasteiger partial charge on any atom is 0.0236 e. The second-order valence-corrected chi connectivity index (χ2v) is 6.17. The normalized spacial score (nSPS) is 14.4. The van der Waals surface area contributed by atoms with Gasteiger partial charge < -0.3 is 5.32 Å². The highest BCUT2D eigenvalue weighted by Gasteiger charge is 2.11. The Morgan fingerprint density at radius 3 is 2.24 bits per heavy atom. The molecule has 1 N–H and O–H groups in total. The van der Waals surface area contributed by atoms with Crippen molar-refractivity contribution in [2.75, 3.05) is 19.6 Å². The van der Waals surface area contributed by atoms with Gasteiger partial charge in [0, 0.05) is 19.1 Å². The lowest BCUT2D eigenvalue weighted by atomic mass is 9.99. The maximum absolute atomic E-state index is 3.50. The summed E-state index contributed by atoms with van der Waals surface area (Å²) in [7, 11) is 0. The summed E-state index contributed by atoms with van der Waals surface area (Å²) in [4.78, 5) is 2.54. The second-order valence-electron chi connectivity index (χ2n) is 6.17. The van der Waals surface area contributed by atoms with Crippen LogP contribution in [0.15, 0.2) is 24.3 Å². The number of hydrogen-bond donors (Lipinski definition) is 1. The minimum absolute atomic E-state index is 0.586. The SMILES string of the molecule is CCCNCC(C)c1ccc(CN(CC)C(C)CC)cc1. The van der Waals surface area contributed by atoms with Crippen LogP contribution in [0.25, 0.3) is 0 Å². The molecule has 0 fully saturated rings. The number of benzene rings is 1. The van der Waals surface area contributed by atoms with Crippen molar-refractivity contribution in [2.24, 2.45) is 0 Å². The Hall–Kier alpha value is -0.860. The molecule has 120 valence electrons. The van der Waals surface area contributed by atoms with Crippen molar-refractivity contribution < 1.29 is 0 Å². The molecule has 0 spiro atoms. The van der Waals surface area contributed by atoms with Crippen LogP contribution in [0.2, 0.25) is 0 Å². The van der Waals surface area contributed by atoms with Crippen molar-refractivity contribution in [3.63, 3.8) is 0 Å². The fourth-order valence-corrected chi connectivity index (χ4v) is 2.64. The van der Waals surface area contributed by atoms with Crippen LogP contribution in [0.1, 0.15) is 64.5 Å². The predicted octanol–water partition coefficient (Wildman–Crippen LogP) is 4.41. The van der Waals surface area contributed by atoms with Gasteiger partial charge in [0.25, 0.3) is 0 Å².